The van der Waals surface area contributed by atoms with Crippen LogP contribution in [0.15, 0.2) is 4.52 Å². The lowest BCUT2D eigenvalue weighted by atomic mass is 9.75. The molecule has 1 aromatic rings. The standard InChI is InChI=1S/C16H23F2N3O3/c1-10(19-14(22)16(17,18)15(23)8-5-9-15)13-20-12(21-24-13)11-6-3-2-4-7-11/h10-11,23H,2-9H2,1H3,(H,19,22). The van der Waals surface area contributed by atoms with E-state index in [-0.39, 0.29) is 24.7 Å². The maximum absolute atomic E-state index is 14.1. The summed E-state index contributed by atoms with van der Waals surface area (Å²) in [7, 11) is 0. The molecule has 8 heteroatoms. The summed E-state index contributed by atoms with van der Waals surface area (Å²) in [5, 5.41) is 15.9. The molecule has 0 aliphatic heterocycles. The number of hydrogen-bond acceptors (Lipinski definition) is 5. The van der Waals surface area contributed by atoms with Crippen LogP contribution < -0.4 is 5.32 Å². The number of hydrogen-bond donors (Lipinski definition) is 2. The van der Waals surface area contributed by atoms with Crippen LogP contribution in [0.4, 0.5) is 8.78 Å². The van der Waals surface area contributed by atoms with Crippen LogP contribution in [0, 0.1) is 0 Å². The molecule has 0 bridgehead atoms. The van der Waals surface area contributed by atoms with Crippen LogP contribution in [0.25, 0.3) is 0 Å². The van der Waals surface area contributed by atoms with Gasteiger partial charge in [-0.3, -0.25) is 4.79 Å². The van der Waals surface area contributed by atoms with Gasteiger partial charge in [0.2, 0.25) is 5.89 Å². The topological polar surface area (TPSA) is 88.2 Å². The fourth-order valence-corrected chi connectivity index (χ4v) is 3.34. The van der Waals surface area contributed by atoms with Gasteiger partial charge in [0.05, 0.1) is 0 Å². The number of carbonyl (C=O) groups is 1. The highest BCUT2D eigenvalue weighted by Crippen LogP contribution is 2.44. The number of rotatable bonds is 5. The van der Waals surface area contributed by atoms with Gasteiger partial charge in [-0.05, 0) is 39.0 Å². The lowest BCUT2D eigenvalue weighted by molar-refractivity contribution is -0.216. The minimum absolute atomic E-state index is 0.0752. The summed E-state index contributed by atoms with van der Waals surface area (Å²) in [5.74, 6) is -4.41. The number of alkyl halides is 2. The van der Waals surface area contributed by atoms with Crippen molar-refractivity contribution in [1.29, 1.82) is 0 Å². The molecule has 0 aromatic carbocycles. The Hall–Kier alpha value is -1.57. The van der Waals surface area contributed by atoms with Gasteiger partial charge in [-0.15, -0.1) is 0 Å². The Morgan fingerprint density at radius 1 is 1.33 bits per heavy atom. The van der Waals surface area contributed by atoms with Gasteiger partial charge in [0.1, 0.15) is 11.6 Å². The maximum atomic E-state index is 14.1. The highest BCUT2D eigenvalue weighted by atomic mass is 19.3. The van der Waals surface area contributed by atoms with E-state index < -0.39 is 23.5 Å². The number of aliphatic hydroxyl groups is 1. The molecular weight excluding hydrogens is 320 g/mol. The summed E-state index contributed by atoms with van der Waals surface area (Å²) in [5.41, 5.74) is -2.24. The molecule has 1 aromatic heterocycles. The Bertz CT molecular complexity index is 595. The number of amides is 1. The molecule has 0 radical (unpaired) electrons. The monoisotopic (exact) mass is 343 g/mol. The van der Waals surface area contributed by atoms with Crippen LogP contribution in [0.3, 0.4) is 0 Å². The van der Waals surface area contributed by atoms with E-state index in [4.69, 9.17) is 4.52 Å². The van der Waals surface area contributed by atoms with E-state index in [1.807, 2.05) is 0 Å². The summed E-state index contributed by atoms with van der Waals surface area (Å²) in [6.07, 6.45) is 5.75. The van der Waals surface area contributed by atoms with Gasteiger partial charge in [0.15, 0.2) is 5.82 Å². The second kappa shape index (κ2) is 6.38. The summed E-state index contributed by atoms with van der Waals surface area (Å²) in [4.78, 5) is 16.2. The van der Waals surface area contributed by atoms with Gasteiger partial charge in [-0.25, -0.2) is 0 Å². The van der Waals surface area contributed by atoms with Crippen molar-refractivity contribution in [3.63, 3.8) is 0 Å². The first-order chi connectivity index (χ1) is 11.3. The van der Waals surface area contributed by atoms with E-state index in [1.165, 1.54) is 13.3 Å². The molecule has 0 saturated heterocycles. The van der Waals surface area contributed by atoms with Crippen LogP contribution in [-0.4, -0.2) is 32.7 Å². The van der Waals surface area contributed by atoms with Gasteiger partial charge >= 0.3 is 5.92 Å². The summed E-state index contributed by atoms with van der Waals surface area (Å²) in [6, 6.07) is -0.836. The number of carbonyl (C=O) groups excluding carboxylic acids is 1. The highest BCUT2D eigenvalue weighted by molar-refractivity contribution is 5.85. The zero-order valence-corrected chi connectivity index (χ0v) is 13.7. The smallest absolute Gasteiger partial charge is 0.352 e. The third kappa shape index (κ3) is 3.03. The fourth-order valence-electron chi connectivity index (χ4n) is 3.34. The van der Waals surface area contributed by atoms with Gasteiger partial charge < -0.3 is 14.9 Å². The predicted molar refractivity (Wildman–Crippen MR) is 80.4 cm³/mol. The first-order valence-electron chi connectivity index (χ1n) is 8.58. The second-order valence-electron chi connectivity index (χ2n) is 6.98. The zero-order valence-electron chi connectivity index (χ0n) is 13.7. The van der Waals surface area contributed by atoms with Crippen molar-refractivity contribution in [3.05, 3.63) is 11.7 Å². The van der Waals surface area contributed by atoms with Crippen LogP contribution in [0.1, 0.15) is 82.0 Å². The summed E-state index contributed by atoms with van der Waals surface area (Å²) >= 11 is 0. The normalized spacial score (nSPS) is 22.7. The second-order valence-corrected chi connectivity index (χ2v) is 6.98. The largest absolute Gasteiger partial charge is 0.383 e. The Balaban J connectivity index is 1.63. The molecule has 24 heavy (non-hydrogen) atoms. The molecule has 1 atom stereocenters. The molecule has 2 aliphatic carbocycles. The van der Waals surface area contributed by atoms with E-state index >= 15 is 0 Å². The SMILES string of the molecule is CC(NC(=O)C(F)(F)C1(O)CCC1)c1nc(C2CCCCC2)no1. The minimum atomic E-state index is -3.83. The van der Waals surface area contributed by atoms with Gasteiger partial charge in [0.25, 0.3) is 5.91 Å². The first-order valence-corrected chi connectivity index (χ1v) is 8.58. The lowest BCUT2D eigenvalue weighted by Crippen LogP contribution is -2.60. The molecule has 2 aliphatic rings. The molecule has 2 saturated carbocycles. The molecule has 134 valence electrons. The van der Waals surface area contributed by atoms with Crippen LogP contribution in [-0.2, 0) is 4.79 Å². The van der Waals surface area contributed by atoms with E-state index in [9.17, 15) is 18.7 Å². The van der Waals surface area contributed by atoms with E-state index in [0.717, 1.165) is 25.7 Å². The molecule has 0 spiro atoms. The maximum Gasteiger partial charge on any atom is 0.352 e. The number of nitrogens with zero attached hydrogens (tertiary/aromatic N) is 2. The molecular formula is C16H23F2N3O3. The van der Waals surface area contributed by atoms with Crippen molar-refractivity contribution < 1.29 is 23.2 Å². The molecule has 1 amide bonds. The van der Waals surface area contributed by atoms with Gasteiger partial charge in [-0.2, -0.15) is 13.8 Å². The Labute approximate surface area is 139 Å². The van der Waals surface area contributed by atoms with Crippen molar-refractivity contribution in [2.45, 2.75) is 81.8 Å². The average molecular weight is 343 g/mol. The van der Waals surface area contributed by atoms with Crippen LogP contribution in [0.2, 0.25) is 0 Å². The molecule has 3 rings (SSSR count). The van der Waals surface area contributed by atoms with E-state index in [0.29, 0.717) is 12.2 Å². The molecule has 1 unspecified atom stereocenters. The Kier molecular flexibility index (Phi) is 4.59. The first kappa shape index (κ1) is 17.3. The third-order valence-corrected chi connectivity index (χ3v) is 5.20. The van der Waals surface area contributed by atoms with Crippen LogP contribution in [0.5, 0.6) is 0 Å². The fraction of sp³-hybridized carbons (Fsp3) is 0.812. The van der Waals surface area contributed by atoms with E-state index in [2.05, 4.69) is 15.5 Å². The summed E-state index contributed by atoms with van der Waals surface area (Å²) in [6.45, 7) is 1.51. The molecule has 2 fully saturated rings. The zero-order chi connectivity index (χ0) is 17.4. The lowest BCUT2D eigenvalue weighted by Gasteiger charge is -2.41. The third-order valence-electron chi connectivity index (χ3n) is 5.20. The Morgan fingerprint density at radius 2 is 2.00 bits per heavy atom. The summed E-state index contributed by atoms with van der Waals surface area (Å²) < 4.78 is 33.3. The van der Waals surface area contributed by atoms with Crippen molar-refractivity contribution in [1.82, 2.24) is 15.5 Å². The highest BCUT2D eigenvalue weighted by Gasteiger charge is 2.61. The predicted octanol–water partition coefficient (Wildman–Crippen LogP) is 2.84. The quantitative estimate of drug-likeness (QED) is 0.858. The number of nitrogens with one attached hydrogen (secondary N) is 1. The van der Waals surface area contributed by atoms with Gasteiger partial charge in [-0.1, -0.05) is 24.4 Å². The minimum Gasteiger partial charge on any atom is -0.383 e. The van der Waals surface area contributed by atoms with Crippen LogP contribution >= 0.6 is 0 Å². The van der Waals surface area contributed by atoms with Crippen molar-refractivity contribution >= 4 is 5.91 Å². The van der Waals surface area contributed by atoms with Crippen molar-refractivity contribution in [2.75, 3.05) is 0 Å². The van der Waals surface area contributed by atoms with Crippen molar-refractivity contribution in [2.24, 2.45) is 0 Å². The number of halogens is 2. The average Bonchev–Trinajstić information content (AvgIpc) is 3.03. The Morgan fingerprint density at radius 3 is 2.58 bits per heavy atom. The van der Waals surface area contributed by atoms with Gasteiger partial charge in [0, 0.05) is 5.92 Å². The molecule has 2 N–H and O–H groups in total. The number of aromatic nitrogens is 2. The van der Waals surface area contributed by atoms with Crippen molar-refractivity contribution in [3.8, 4) is 0 Å². The molecule has 6 nitrogen and oxygen atoms in total. The van der Waals surface area contributed by atoms with E-state index in [1.54, 1.807) is 0 Å². The molecule has 1 heterocycles.